The van der Waals surface area contributed by atoms with Crippen molar-refractivity contribution in [3.63, 3.8) is 0 Å². The maximum Gasteiger partial charge on any atom is 0.286 e. The lowest BCUT2D eigenvalue weighted by molar-refractivity contribution is 0.100. The zero-order valence-electron chi connectivity index (χ0n) is 13.5. The molecule has 6 heteroatoms. The molecule has 0 saturated heterocycles. The zero-order chi connectivity index (χ0) is 17.6. The number of carbonyl (C=O) groups is 1. The molecule has 0 bridgehead atoms. The van der Waals surface area contributed by atoms with Gasteiger partial charge in [-0.05, 0) is 25.1 Å². The Morgan fingerprint density at radius 3 is 2.67 bits per heavy atom. The smallest absolute Gasteiger partial charge is 0.286 e. The number of nitrogens with zero attached hydrogens (tertiary/aromatic N) is 2. The molecule has 0 aliphatic heterocycles. The van der Waals surface area contributed by atoms with E-state index in [1.165, 1.54) is 18.6 Å². The van der Waals surface area contributed by atoms with Crippen LogP contribution in [-0.2, 0) is 9.73 Å². The summed E-state index contributed by atoms with van der Waals surface area (Å²) in [5, 5.41) is 8.72. The van der Waals surface area contributed by atoms with Crippen LogP contribution in [0.2, 0.25) is 0 Å². The first-order valence-corrected chi connectivity index (χ1v) is 9.22. The summed E-state index contributed by atoms with van der Waals surface area (Å²) in [6.45, 7) is 1.90. The Kier molecular flexibility index (Phi) is 5.85. The Bertz CT molecular complexity index is 915. The van der Waals surface area contributed by atoms with Gasteiger partial charge in [-0.1, -0.05) is 29.5 Å². The summed E-state index contributed by atoms with van der Waals surface area (Å²) >= 11 is 0. The molecule has 0 radical (unpaired) electrons. The van der Waals surface area contributed by atoms with Gasteiger partial charge >= 0.3 is 0 Å². The van der Waals surface area contributed by atoms with Crippen molar-refractivity contribution in [2.45, 2.75) is 18.2 Å². The largest absolute Gasteiger partial charge is 0.395 e. The van der Waals surface area contributed by atoms with Crippen molar-refractivity contribution in [2.24, 2.45) is 4.36 Å². The lowest BCUT2D eigenvalue weighted by atomic mass is 10.2. The first kappa shape index (κ1) is 17.9. The normalized spacial score (nSPS) is 12.6. The average molecular weight is 342 g/mol. The van der Waals surface area contributed by atoms with Crippen LogP contribution in [0.25, 0.3) is 0 Å². The van der Waals surface area contributed by atoms with E-state index >= 15 is 0 Å². The molecule has 1 amide bonds. The van der Waals surface area contributed by atoms with Crippen LogP contribution in [0.4, 0.5) is 0 Å². The number of rotatable bonds is 3. The molecule has 5 nitrogen and oxygen atoms in total. The Labute approximate surface area is 141 Å². The molecule has 0 aliphatic carbocycles. The van der Waals surface area contributed by atoms with Crippen molar-refractivity contribution < 1.29 is 14.1 Å². The van der Waals surface area contributed by atoms with Crippen LogP contribution < -0.4 is 0 Å². The highest BCUT2D eigenvalue weighted by molar-refractivity contribution is 7.93. The van der Waals surface area contributed by atoms with Crippen LogP contribution >= 0.6 is 0 Å². The molecule has 24 heavy (non-hydrogen) atoms. The van der Waals surface area contributed by atoms with Crippen molar-refractivity contribution in [1.29, 1.82) is 0 Å². The quantitative estimate of drug-likeness (QED) is 0.869. The van der Waals surface area contributed by atoms with Crippen LogP contribution in [0, 0.1) is 18.8 Å². The van der Waals surface area contributed by atoms with E-state index in [2.05, 4.69) is 21.2 Å². The number of hydrogen-bond acceptors (Lipinski definition) is 4. The molecule has 0 saturated carbocycles. The molecule has 2 aromatic rings. The number of pyridine rings is 1. The molecule has 2 rings (SSSR count). The Morgan fingerprint density at radius 2 is 2.00 bits per heavy atom. The van der Waals surface area contributed by atoms with Gasteiger partial charge < -0.3 is 5.11 Å². The number of aliphatic hydroxyl groups is 1. The molecular weight excluding hydrogens is 324 g/mol. The lowest BCUT2D eigenvalue weighted by Crippen LogP contribution is -2.04. The molecular formula is C18H18N2O3S. The van der Waals surface area contributed by atoms with E-state index in [9.17, 15) is 9.00 Å². The average Bonchev–Trinajstić information content (AvgIpc) is 2.55. The highest BCUT2D eigenvalue weighted by Crippen LogP contribution is 2.14. The van der Waals surface area contributed by atoms with Crippen molar-refractivity contribution >= 4 is 15.6 Å². The summed E-state index contributed by atoms with van der Waals surface area (Å²) in [6, 6.07) is 8.63. The highest BCUT2D eigenvalue weighted by atomic mass is 32.2. The monoisotopic (exact) mass is 342 g/mol. The summed E-state index contributed by atoms with van der Waals surface area (Å²) < 4.78 is 16.6. The van der Waals surface area contributed by atoms with Crippen molar-refractivity contribution in [1.82, 2.24) is 4.98 Å². The fourth-order valence-corrected chi connectivity index (χ4v) is 3.07. The van der Waals surface area contributed by atoms with Crippen molar-refractivity contribution in [2.75, 3.05) is 12.9 Å². The predicted octanol–water partition coefficient (Wildman–Crippen LogP) is 2.42. The van der Waals surface area contributed by atoms with Gasteiger partial charge in [-0.2, -0.15) is 4.36 Å². The molecule has 0 spiro atoms. The Morgan fingerprint density at radius 1 is 1.29 bits per heavy atom. The predicted molar refractivity (Wildman–Crippen MR) is 93.1 cm³/mol. The van der Waals surface area contributed by atoms with E-state index in [0.717, 1.165) is 5.56 Å². The van der Waals surface area contributed by atoms with Crippen LogP contribution in [0.15, 0.2) is 52.0 Å². The van der Waals surface area contributed by atoms with Gasteiger partial charge in [0, 0.05) is 35.5 Å². The van der Waals surface area contributed by atoms with Crippen molar-refractivity contribution in [3.05, 3.63) is 59.4 Å². The summed E-state index contributed by atoms with van der Waals surface area (Å²) in [6.07, 6.45) is 4.67. The van der Waals surface area contributed by atoms with E-state index in [4.69, 9.17) is 5.11 Å². The summed E-state index contributed by atoms with van der Waals surface area (Å²) in [7, 11) is -2.83. The highest BCUT2D eigenvalue weighted by Gasteiger charge is 2.12. The van der Waals surface area contributed by atoms with Gasteiger partial charge in [0.2, 0.25) is 0 Å². The van der Waals surface area contributed by atoms with Gasteiger partial charge in [-0.3, -0.25) is 9.78 Å². The molecule has 0 aliphatic rings. The van der Waals surface area contributed by atoms with E-state index in [-0.39, 0.29) is 12.2 Å². The number of aryl methyl sites for hydroxylation is 1. The van der Waals surface area contributed by atoms with E-state index in [0.29, 0.717) is 16.9 Å². The number of carbonyl (C=O) groups excluding carboxylic acids is 1. The molecule has 1 unspecified atom stereocenters. The molecule has 1 aromatic carbocycles. The van der Waals surface area contributed by atoms with Gasteiger partial charge in [-0.15, -0.1) is 0 Å². The number of amides is 1. The summed E-state index contributed by atoms with van der Waals surface area (Å²) in [5.74, 6) is 4.97. The minimum atomic E-state index is -2.83. The zero-order valence-corrected chi connectivity index (χ0v) is 14.3. The van der Waals surface area contributed by atoms with E-state index in [1.54, 1.807) is 18.2 Å². The molecule has 0 fully saturated rings. The second-order valence-electron chi connectivity index (χ2n) is 5.25. The van der Waals surface area contributed by atoms with E-state index in [1.807, 2.05) is 19.1 Å². The Hall–Kier alpha value is -2.49. The fraction of sp³-hybridized carbons (Fsp3) is 0.222. The van der Waals surface area contributed by atoms with Gasteiger partial charge in [0.05, 0.1) is 21.9 Å². The minimum absolute atomic E-state index is 0.0250. The molecule has 1 heterocycles. The third-order valence-corrected chi connectivity index (χ3v) is 4.83. The van der Waals surface area contributed by atoms with E-state index < -0.39 is 15.6 Å². The molecule has 1 atom stereocenters. The summed E-state index contributed by atoms with van der Waals surface area (Å²) in [5.41, 5.74) is 1.81. The van der Waals surface area contributed by atoms with Crippen LogP contribution in [0.3, 0.4) is 0 Å². The van der Waals surface area contributed by atoms with Crippen LogP contribution in [0.5, 0.6) is 0 Å². The number of benzene rings is 1. The molecule has 1 aromatic heterocycles. The van der Waals surface area contributed by atoms with Crippen LogP contribution in [0.1, 0.15) is 27.9 Å². The fourth-order valence-electron chi connectivity index (χ4n) is 1.90. The molecule has 124 valence electrons. The van der Waals surface area contributed by atoms with Gasteiger partial charge in [0.1, 0.15) is 0 Å². The third-order valence-electron chi connectivity index (χ3n) is 3.17. The Balaban J connectivity index is 2.32. The van der Waals surface area contributed by atoms with Gasteiger partial charge in [0.15, 0.2) is 0 Å². The SMILES string of the molecule is Cc1ccc(S(C)(=O)=NC(=O)c2cncc(C#CCCO)c2)cc1. The summed E-state index contributed by atoms with van der Waals surface area (Å²) in [4.78, 5) is 16.8. The topological polar surface area (TPSA) is 79.6 Å². The number of aromatic nitrogens is 1. The lowest BCUT2D eigenvalue weighted by Gasteiger charge is -2.04. The third kappa shape index (κ3) is 4.75. The number of aliphatic hydroxyl groups excluding tert-OH is 1. The molecule has 1 N–H and O–H groups in total. The van der Waals surface area contributed by atoms with Crippen LogP contribution in [-0.4, -0.2) is 33.1 Å². The van der Waals surface area contributed by atoms with Gasteiger partial charge in [-0.25, -0.2) is 4.21 Å². The first-order chi connectivity index (χ1) is 11.4. The standard InChI is InChI=1S/C18H18N2O3S/c1-14-6-8-17(9-7-14)24(2,23)20-18(22)16-11-15(12-19-13-16)5-3-4-10-21/h6-9,11-13,21H,4,10H2,1-2H3. The second kappa shape index (κ2) is 7.86. The second-order valence-corrected chi connectivity index (χ2v) is 7.51. The maximum atomic E-state index is 12.7. The maximum absolute atomic E-state index is 12.7. The van der Waals surface area contributed by atoms with Crippen molar-refractivity contribution in [3.8, 4) is 11.8 Å². The first-order valence-electron chi connectivity index (χ1n) is 7.30. The number of hydrogen-bond donors (Lipinski definition) is 1. The minimum Gasteiger partial charge on any atom is -0.395 e. The van der Waals surface area contributed by atoms with Gasteiger partial charge in [0.25, 0.3) is 5.91 Å².